The van der Waals surface area contributed by atoms with Gasteiger partial charge in [-0.1, -0.05) is 0 Å². The standard InChI is InChI=1S/C14H17NO3.C7H5NO/c1-2-17-14(16)5-3-4-10-18-13-8-6-12(11-15)7-9-13;8-5-6-1-3-7(9)4-2-6/h6-9H,2-5,10H2,1H3;1-4,9H. The largest absolute Gasteiger partial charge is 0.508 e. The van der Waals surface area contributed by atoms with Crippen LogP contribution in [0, 0.1) is 22.7 Å². The molecule has 1 N–H and O–H groups in total. The molecule has 0 aliphatic carbocycles. The summed E-state index contributed by atoms with van der Waals surface area (Å²) in [5.41, 5.74) is 1.18. The van der Waals surface area contributed by atoms with Crippen molar-refractivity contribution in [2.45, 2.75) is 26.2 Å². The molecule has 0 amide bonds. The molecule has 0 heterocycles. The van der Waals surface area contributed by atoms with Gasteiger partial charge in [0.2, 0.25) is 0 Å². The molecule has 0 bridgehead atoms. The van der Waals surface area contributed by atoms with Gasteiger partial charge in [0.1, 0.15) is 11.5 Å². The SMILES string of the molecule is CCOC(=O)CCCCOc1ccc(C#N)cc1.N#Cc1ccc(O)cc1. The quantitative estimate of drug-likeness (QED) is 0.588. The Balaban J connectivity index is 0.000000337. The number of nitriles is 2. The van der Waals surface area contributed by atoms with Gasteiger partial charge in [0.15, 0.2) is 0 Å². The highest BCUT2D eigenvalue weighted by Gasteiger charge is 2.01. The zero-order valence-corrected chi connectivity index (χ0v) is 15.2. The Hall–Kier alpha value is -3.51. The summed E-state index contributed by atoms with van der Waals surface area (Å²) in [6.45, 7) is 2.79. The highest BCUT2D eigenvalue weighted by Crippen LogP contribution is 2.12. The van der Waals surface area contributed by atoms with Crippen molar-refractivity contribution in [3.05, 3.63) is 59.7 Å². The second-order valence-corrected chi connectivity index (χ2v) is 5.41. The molecule has 0 unspecified atom stereocenters. The van der Waals surface area contributed by atoms with Crippen LogP contribution in [0.3, 0.4) is 0 Å². The van der Waals surface area contributed by atoms with Crippen LogP contribution < -0.4 is 4.74 Å². The molecule has 27 heavy (non-hydrogen) atoms. The monoisotopic (exact) mass is 366 g/mol. The first-order chi connectivity index (χ1) is 13.1. The number of unbranched alkanes of at least 4 members (excludes halogenated alkanes) is 1. The topological polar surface area (TPSA) is 103 Å². The number of phenolic OH excluding ortho intramolecular Hbond substituents is 1. The van der Waals surface area contributed by atoms with Crippen LogP contribution in [0.5, 0.6) is 11.5 Å². The first-order valence-electron chi connectivity index (χ1n) is 8.56. The zero-order valence-electron chi connectivity index (χ0n) is 15.2. The molecule has 0 fully saturated rings. The van der Waals surface area contributed by atoms with Crippen molar-refractivity contribution in [2.24, 2.45) is 0 Å². The van der Waals surface area contributed by atoms with Crippen LogP contribution in [0.15, 0.2) is 48.5 Å². The van der Waals surface area contributed by atoms with E-state index in [0.717, 1.165) is 18.6 Å². The van der Waals surface area contributed by atoms with Crippen LogP contribution in [-0.2, 0) is 9.53 Å². The number of ether oxygens (including phenoxy) is 2. The zero-order chi connectivity index (χ0) is 19.9. The molecular formula is C21H22N2O4. The van der Waals surface area contributed by atoms with Crippen molar-refractivity contribution in [3.63, 3.8) is 0 Å². The van der Waals surface area contributed by atoms with E-state index < -0.39 is 0 Å². The fourth-order valence-electron chi connectivity index (χ4n) is 1.96. The highest BCUT2D eigenvalue weighted by molar-refractivity contribution is 5.69. The summed E-state index contributed by atoms with van der Waals surface area (Å²) in [5, 5.41) is 25.7. The van der Waals surface area contributed by atoms with Crippen LogP contribution in [0.4, 0.5) is 0 Å². The van der Waals surface area contributed by atoms with E-state index in [9.17, 15) is 4.79 Å². The fraction of sp³-hybridized carbons (Fsp3) is 0.286. The van der Waals surface area contributed by atoms with E-state index in [0.29, 0.717) is 30.8 Å². The Morgan fingerprint density at radius 2 is 1.52 bits per heavy atom. The summed E-state index contributed by atoms with van der Waals surface area (Å²) in [6, 6.07) is 17.1. The molecular weight excluding hydrogens is 344 g/mol. The van der Waals surface area contributed by atoms with Crippen molar-refractivity contribution in [2.75, 3.05) is 13.2 Å². The summed E-state index contributed by atoms with van der Waals surface area (Å²) in [7, 11) is 0. The lowest BCUT2D eigenvalue weighted by atomic mass is 10.2. The van der Waals surface area contributed by atoms with Gasteiger partial charge < -0.3 is 14.6 Å². The van der Waals surface area contributed by atoms with Crippen molar-refractivity contribution in [1.29, 1.82) is 10.5 Å². The summed E-state index contributed by atoms with van der Waals surface area (Å²) in [6.07, 6.45) is 2.00. The Morgan fingerprint density at radius 1 is 0.963 bits per heavy atom. The Labute approximate surface area is 159 Å². The van der Waals surface area contributed by atoms with Crippen LogP contribution in [0.2, 0.25) is 0 Å². The maximum Gasteiger partial charge on any atom is 0.305 e. The van der Waals surface area contributed by atoms with Crippen molar-refractivity contribution in [1.82, 2.24) is 0 Å². The van der Waals surface area contributed by atoms with Crippen LogP contribution in [0.1, 0.15) is 37.3 Å². The number of rotatable bonds is 7. The van der Waals surface area contributed by atoms with Gasteiger partial charge in [-0.2, -0.15) is 10.5 Å². The molecule has 2 aromatic rings. The summed E-state index contributed by atoms with van der Waals surface area (Å²) >= 11 is 0. The Bertz CT molecular complexity index is 772. The highest BCUT2D eigenvalue weighted by atomic mass is 16.5. The van der Waals surface area contributed by atoms with E-state index in [1.165, 1.54) is 12.1 Å². The third kappa shape index (κ3) is 9.52. The number of hydrogen-bond donors (Lipinski definition) is 1. The van der Waals surface area contributed by atoms with E-state index in [1.54, 1.807) is 43.3 Å². The second kappa shape index (κ2) is 12.8. The molecule has 0 radical (unpaired) electrons. The molecule has 0 aliphatic heterocycles. The number of hydrogen-bond acceptors (Lipinski definition) is 6. The van der Waals surface area contributed by atoms with Gasteiger partial charge in [-0.3, -0.25) is 4.79 Å². The summed E-state index contributed by atoms with van der Waals surface area (Å²) in [5.74, 6) is 0.773. The molecule has 6 heteroatoms. The predicted octanol–water partition coefficient (Wildman–Crippen LogP) is 3.93. The molecule has 0 saturated heterocycles. The smallest absolute Gasteiger partial charge is 0.305 e. The van der Waals surface area contributed by atoms with Gasteiger partial charge in [-0.25, -0.2) is 0 Å². The maximum absolute atomic E-state index is 11.1. The van der Waals surface area contributed by atoms with Gasteiger partial charge in [-0.05, 0) is 68.3 Å². The fourth-order valence-corrected chi connectivity index (χ4v) is 1.96. The number of carbonyl (C=O) groups excluding carboxylic acids is 1. The third-order valence-electron chi connectivity index (χ3n) is 3.33. The molecule has 0 aromatic heterocycles. The molecule has 0 aliphatic rings. The minimum absolute atomic E-state index is 0.157. The Morgan fingerprint density at radius 3 is 2.04 bits per heavy atom. The lowest BCUT2D eigenvalue weighted by Gasteiger charge is -2.05. The average Bonchev–Trinajstić information content (AvgIpc) is 2.69. The Kier molecular flexibility index (Phi) is 10.2. The molecule has 140 valence electrons. The normalized spacial score (nSPS) is 9.15. The first-order valence-corrected chi connectivity index (χ1v) is 8.56. The van der Waals surface area contributed by atoms with Crippen LogP contribution >= 0.6 is 0 Å². The minimum Gasteiger partial charge on any atom is -0.508 e. The lowest BCUT2D eigenvalue weighted by Crippen LogP contribution is -2.05. The number of carbonyl (C=O) groups is 1. The number of nitrogens with zero attached hydrogens (tertiary/aromatic N) is 2. The predicted molar refractivity (Wildman–Crippen MR) is 100.0 cm³/mol. The average molecular weight is 366 g/mol. The number of aromatic hydroxyl groups is 1. The van der Waals surface area contributed by atoms with Gasteiger partial charge in [0.05, 0.1) is 36.5 Å². The van der Waals surface area contributed by atoms with Crippen LogP contribution in [-0.4, -0.2) is 24.3 Å². The van der Waals surface area contributed by atoms with E-state index in [1.807, 2.05) is 12.1 Å². The molecule has 2 aromatic carbocycles. The molecule has 0 saturated carbocycles. The lowest BCUT2D eigenvalue weighted by molar-refractivity contribution is -0.143. The van der Waals surface area contributed by atoms with Crippen LogP contribution in [0.25, 0.3) is 0 Å². The van der Waals surface area contributed by atoms with Gasteiger partial charge in [0.25, 0.3) is 0 Å². The second-order valence-electron chi connectivity index (χ2n) is 5.41. The number of phenols is 1. The third-order valence-corrected chi connectivity index (χ3v) is 3.33. The van der Waals surface area contributed by atoms with Crippen molar-refractivity contribution >= 4 is 5.97 Å². The van der Waals surface area contributed by atoms with Gasteiger partial charge >= 0.3 is 5.97 Å². The van der Waals surface area contributed by atoms with Gasteiger partial charge in [-0.15, -0.1) is 0 Å². The van der Waals surface area contributed by atoms with E-state index in [-0.39, 0.29) is 11.7 Å². The maximum atomic E-state index is 11.1. The molecule has 0 atom stereocenters. The number of esters is 1. The van der Waals surface area contributed by atoms with E-state index >= 15 is 0 Å². The van der Waals surface area contributed by atoms with Gasteiger partial charge in [0, 0.05) is 6.42 Å². The van der Waals surface area contributed by atoms with Crippen molar-refractivity contribution in [3.8, 4) is 23.6 Å². The molecule has 6 nitrogen and oxygen atoms in total. The minimum atomic E-state index is -0.157. The van der Waals surface area contributed by atoms with E-state index in [4.69, 9.17) is 25.1 Å². The first kappa shape index (κ1) is 21.5. The van der Waals surface area contributed by atoms with Crippen molar-refractivity contribution < 1.29 is 19.4 Å². The number of benzene rings is 2. The summed E-state index contributed by atoms with van der Waals surface area (Å²) in [4.78, 5) is 11.1. The summed E-state index contributed by atoms with van der Waals surface area (Å²) < 4.78 is 10.3. The molecule has 0 spiro atoms. The van der Waals surface area contributed by atoms with E-state index in [2.05, 4.69) is 0 Å². The molecule has 2 rings (SSSR count).